The van der Waals surface area contributed by atoms with Crippen LogP contribution in [0, 0.1) is 16.6 Å². The van der Waals surface area contributed by atoms with Crippen molar-refractivity contribution < 1.29 is 14.7 Å². The fourth-order valence-electron chi connectivity index (χ4n) is 1.55. The first kappa shape index (κ1) is 18.4. The first-order valence-corrected chi connectivity index (χ1v) is 9.22. The second-order valence-electron chi connectivity index (χ2n) is 4.39. The van der Waals surface area contributed by atoms with Gasteiger partial charge in [0.2, 0.25) is 0 Å². The molecule has 4 nitrogen and oxygen atoms in total. The van der Waals surface area contributed by atoms with E-state index in [0.29, 0.717) is 24.9 Å². The lowest BCUT2D eigenvalue weighted by atomic mass is 10.1. The second-order valence-corrected chi connectivity index (χ2v) is 7.87. The molecule has 1 aromatic rings. The van der Waals surface area contributed by atoms with E-state index in [0.717, 1.165) is 10.7 Å². The van der Waals surface area contributed by atoms with E-state index in [1.807, 2.05) is 12.1 Å². The van der Waals surface area contributed by atoms with Crippen molar-refractivity contribution in [1.29, 1.82) is 0 Å². The summed E-state index contributed by atoms with van der Waals surface area (Å²) in [5, 5.41) is 11.6. The third kappa shape index (κ3) is 5.62. The number of carboxylic acids is 1. The zero-order valence-corrected chi connectivity index (χ0v) is 17.2. The van der Waals surface area contributed by atoms with Gasteiger partial charge in [0.05, 0.1) is 11.5 Å². The molecule has 1 rings (SSSR count). The number of hydrogen-bond donors (Lipinski definition) is 2. The molecule has 20 heavy (non-hydrogen) atoms. The van der Waals surface area contributed by atoms with Gasteiger partial charge in [-0.25, -0.2) is 0 Å². The molecule has 1 unspecified atom stereocenters. The van der Waals surface area contributed by atoms with E-state index >= 15 is 0 Å². The Morgan fingerprint density at radius 2 is 1.95 bits per heavy atom. The number of halogens is 3. The Bertz CT molecular complexity index is 520. The van der Waals surface area contributed by atoms with Crippen LogP contribution in [-0.2, 0) is 4.79 Å². The lowest BCUT2D eigenvalue weighted by molar-refractivity contribution is -0.141. The minimum Gasteiger partial charge on any atom is -0.481 e. The zero-order chi connectivity index (χ0) is 15.3. The fourth-order valence-corrected chi connectivity index (χ4v) is 3.95. The molecule has 0 saturated carbocycles. The van der Waals surface area contributed by atoms with Gasteiger partial charge in [0.15, 0.2) is 0 Å². The number of aliphatic carboxylic acids is 1. The van der Waals surface area contributed by atoms with E-state index in [1.54, 1.807) is 6.92 Å². The minimum atomic E-state index is -0.793. The highest BCUT2D eigenvalue weighted by Crippen LogP contribution is 2.22. The van der Waals surface area contributed by atoms with Crippen LogP contribution in [0.5, 0.6) is 0 Å². The van der Waals surface area contributed by atoms with Crippen molar-refractivity contribution in [1.82, 2.24) is 5.32 Å². The Morgan fingerprint density at radius 3 is 2.55 bits per heavy atom. The molecule has 0 radical (unpaired) electrons. The molecule has 2 N–H and O–H groups in total. The predicted octanol–water partition coefficient (Wildman–Crippen LogP) is 3.73. The average molecular weight is 613 g/mol. The van der Waals surface area contributed by atoms with Gasteiger partial charge >= 0.3 is 5.97 Å². The van der Waals surface area contributed by atoms with E-state index in [1.165, 1.54) is 0 Å². The normalized spacial score (nSPS) is 12.0. The number of rotatable bonds is 6. The summed E-state index contributed by atoms with van der Waals surface area (Å²) in [5.41, 5.74) is 0.674. The predicted molar refractivity (Wildman–Crippen MR) is 103 cm³/mol. The standard InChI is InChI=1S/C13H14I3NO3/c1-7(13(19)20)3-2-4-17-12(18)9-5-8(14)6-10(15)11(9)16/h5-7H,2-4H2,1H3,(H,17,18)(H,19,20). The van der Waals surface area contributed by atoms with Crippen molar-refractivity contribution in [2.24, 2.45) is 5.92 Å². The number of benzene rings is 1. The quantitative estimate of drug-likeness (QED) is 0.292. The lowest BCUT2D eigenvalue weighted by Gasteiger charge is -2.10. The Balaban J connectivity index is 2.54. The van der Waals surface area contributed by atoms with Crippen LogP contribution in [0.25, 0.3) is 0 Å². The summed E-state index contributed by atoms with van der Waals surface area (Å²) in [6.07, 6.45) is 1.23. The molecule has 0 fully saturated rings. The maximum absolute atomic E-state index is 12.1. The van der Waals surface area contributed by atoms with E-state index in [9.17, 15) is 9.59 Å². The first-order valence-electron chi connectivity index (χ1n) is 5.98. The monoisotopic (exact) mass is 613 g/mol. The van der Waals surface area contributed by atoms with Crippen LogP contribution in [0.2, 0.25) is 0 Å². The molecule has 0 saturated heterocycles. The van der Waals surface area contributed by atoms with Crippen LogP contribution in [0.3, 0.4) is 0 Å². The lowest BCUT2D eigenvalue weighted by Crippen LogP contribution is -2.26. The molecule has 1 aromatic carbocycles. The van der Waals surface area contributed by atoms with E-state index in [2.05, 4.69) is 73.1 Å². The van der Waals surface area contributed by atoms with Crippen molar-refractivity contribution >= 4 is 79.6 Å². The van der Waals surface area contributed by atoms with Gasteiger partial charge in [0, 0.05) is 17.3 Å². The smallest absolute Gasteiger partial charge is 0.306 e. The maximum atomic E-state index is 12.1. The molecular formula is C13H14I3NO3. The molecule has 0 aliphatic heterocycles. The van der Waals surface area contributed by atoms with Crippen molar-refractivity contribution in [2.45, 2.75) is 19.8 Å². The summed E-state index contributed by atoms with van der Waals surface area (Å²) < 4.78 is 3.02. The van der Waals surface area contributed by atoms with E-state index < -0.39 is 5.97 Å². The number of carbonyl (C=O) groups excluding carboxylic acids is 1. The maximum Gasteiger partial charge on any atom is 0.306 e. The van der Waals surface area contributed by atoms with Crippen molar-refractivity contribution in [3.63, 3.8) is 0 Å². The molecule has 1 amide bonds. The molecule has 0 aromatic heterocycles. The van der Waals surface area contributed by atoms with Gasteiger partial charge < -0.3 is 10.4 Å². The fraction of sp³-hybridized carbons (Fsp3) is 0.385. The summed E-state index contributed by atoms with van der Waals surface area (Å²) in [6, 6.07) is 3.88. The van der Waals surface area contributed by atoms with E-state index in [-0.39, 0.29) is 11.8 Å². The highest BCUT2D eigenvalue weighted by Gasteiger charge is 2.14. The van der Waals surface area contributed by atoms with Gasteiger partial charge in [-0.3, -0.25) is 9.59 Å². The molecule has 110 valence electrons. The summed E-state index contributed by atoms with van der Waals surface area (Å²) in [4.78, 5) is 22.8. The molecule has 0 aliphatic rings. The van der Waals surface area contributed by atoms with Gasteiger partial charge in [0.25, 0.3) is 5.91 Å². The molecular weight excluding hydrogens is 599 g/mol. The van der Waals surface area contributed by atoms with Gasteiger partial charge in [0.1, 0.15) is 0 Å². The minimum absolute atomic E-state index is 0.103. The van der Waals surface area contributed by atoms with Gasteiger partial charge in [-0.1, -0.05) is 6.92 Å². The van der Waals surface area contributed by atoms with Crippen molar-refractivity contribution in [3.05, 3.63) is 28.4 Å². The Hall–Kier alpha value is 0.350. The largest absolute Gasteiger partial charge is 0.481 e. The Kier molecular flexibility index (Phi) is 8.01. The van der Waals surface area contributed by atoms with Gasteiger partial charge in [-0.15, -0.1) is 0 Å². The molecule has 0 aliphatic carbocycles. The summed E-state index contributed by atoms with van der Waals surface area (Å²) >= 11 is 6.57. The SMILES string of the molecule is CC(CCCNC(=O)c1cc(I)cc(I)c1I)C(=O)O. The van der Waals surface area contributed by atoms with Crippen LogP contribution >= 0.6 is 67.8 Å². The molecule has 0 heterocycles. The first-order chi connectivity index (χ1) is 9.32. The summed E-state index contributed by atoms with van der Waals surface area (Å²) in [6.45, 7) is 2.17. The molecule has 7 heteroatoms. The topological polar surface area (TPSA) is 66.4 Å². The van der Waals surface area contributed by atoms with Gasteiger partial charge in [-0.05, 0) is 92.7 Å². The number of amides is 1. The van der Waals surface area contributed by atoms with Crippen LogP contribution in [0.15, 0.2) is 12.1 Å². The number of nitrogens with one attached hydrogen (secondary N) is 1. The van der Waals surface area contributed by atoms with Crippen molar-refractivity contribution in [3.8, 4) is 0 Å². The van der Waals surface area contributed by atoms with Gasteiger partial charge in [-0.2, -0.15) is 0 Å². The number of carboxylic acid groups (broad SMARTS) is 1. The van der Waals surface area contributed by atoms with E-state index in [4.69, 9.17) is 5.11 Å². The number of hydrogen-bond acceptors (Lipinski definition) is 2. The zero-order valence-electron chi connectivity index (χ0n) is 10.8. The molecule has 0 spiro atoms. The summed E-state index contributed by atoms with van der Waals surface area (Å²) in [5.74, 6) is -1.27. The highest BCUT2D eigenvalue weighted by atomic mass is 127. The third-order valence-electron chi connectivity index (χ3n) is 2.76. The highest BCUT2D eigenvalue weighted by molar-refractivity contribution is 14.1. The molecule has 1 atom stereocenters. The second kappa shape index (κ2) is 8.71. The van der Waals surface area contributed by atoms with Crippen LogP contribution in [0.1, 0.15) is 30.1 Å². The van der Waals surface area contributed by atoms with Crippen LogP contribution in [0.4, 0.5) is 0 Å². The van der Waals surface area contributed by atoms with Crippen LogP contribution in [-0.4, -0.2) is 23.5 Å². The average Bonchev–Trinajstić information content (AvgIpc) is 2.38. The van der Waals surface area contributed by atoms with Crippen LogP contribution < -0.4 is 5.32 Å². The summed E-state index contributed by atoms with van der Waals surface area (Å²) in [7, 11) is 0. The Labute approximate surface area is 158 Å². The Morgan fingerprint density at radius 1 is 1.30 bits per heavy atom. The molecule has 0 bridgehead atoms. The number of carbonyl (C=O) groups is 2. The van der Waals surface area contributed by atoms with Crippen molar-refractivity contribution in [2.75, 3.05) is 6.54 Å². The third-order valence-corrected chi connectivity index (χ3v) is 6.43.